The van der Waals surface area contributed by atoms with Crippen molar-refractivity contribution in [2.24, 2.45) is 0 Å². The van der Waals surface area contributed by atoms with Crippen molar-refractivity contribution in [2.75, 3.05) is 13.2 Å². The minimum absolute atomic E-state index is 0.180. The minimum Gasteiger partial charge on any atom is -0.395 e. The number of rotatable bonds is 7. The van der Waals surface area contributed by atoms with E-state index in [1.54, 1.807) is 11.8 Å². The molecular formula is C13H20ClNOS. The van der Waals surface area contributed by atoms with E-state index >= 15 is 0 Å². The van der Waals surface area contributed by atoms with Crippen LogP contribution < -0.4 is 5.32 Å². The monoisotopic (exact) mass is 273 g/mol. The molecule has 0 aliphatic heterocycles. The molecule has 0 saturated heterocycles. The second-order valence-electron chi connectivity index (χ2n) is 4.04. The fourth-order valence-electron chi connectivity index (χ4n) is 1.44. The molecule has 0 aromatic heterocycles. The number of hydrogen-bond donors (Lipinski definition) is 2. The third kappa shape index (κ3) is 5.30. The molecule has 4 heteroatoms. The Morgan fingerprint density at radius 1 is 1.47 bits per heavy atom. The topological polar surface area (TPSA) is 32.3 Å². The number of halogens is 1. The van der Waals surface area contributed by atoms with Crippen molar-refractivity contribution in [1.29, 1.82) is 0 Å². The Morgan fingerprint density at radius 3 is 2.88 bits per heavy atom. The summed E-state index contributed by atoms with van der Waals surface area (Å²) in [6, 6.07) is 5.94. The zero-order chi connectivity index (χ0) is 12.7. The van der Waals surface area contributed by atoms with Crippen LogP contribution in [-0.4, -0.2) is 23.5 Å². The Hall–Kier alpha value is -0.220. The van der Waals surface area contributed by atoms with Crippen LogP contribution in [0, 0.1) is 0 Å². The smallest absolute Gasteiger partial charge is 0.0550 e. The van der Waals surface area contributed by atoms with Crippen LogP contribution in [0.5, 0.6) is 0 Å². The van der Waals surface area contributed by atoms with E-state index in [9.17, 15) is 0 Å². The summed E-state index contributed by atoms with van der Waals surface area (Å²) >= 11 is 7.68. The lowest BCUT2D eigenvalue weighted by atomic mass is 10.2. The molecule has 1 unspecified atom stereocenters. The summed E-state index contributed by atoms with van der Waals surface area (Å²) in [7, 11) is 0. The first kappa shape index (κ1) is 14.8. The number of aliphatic hydroxyl groups excluding tert-OH is 1. The molecule has 0 aliphatic carbocycles. The van der Waals surface area contributed by atoms with E-state index in [1.165, 1.54) is 5.56 Å². The lowest BCUT2D eigenvalue weighted by molar-refractivity contribution is 0.300. The summed E-state index contributed by atoms with van der Waals surface area (Å²) in [5, 5.41) is 13.4. The minimum atomic E-state index is 0.180. The van der Waals surface area contributed by atoms with Gasteiger partial charge in [-0.2, -0.15) is 0 Å². The molecule has 0 saturated carbocycles. The molecule has 0 spiro atoms. The molecule has 0 amide bonds. The molecule has 0 heterocycles. The van der Waals surface area contributed by atoms with Crippen molar-refractivity contribution in [3.8, 4) is 0 Å². The second-order valence-corrected chi connectivity index (χ2v) is 5.96. The van der Waals surface area contributed by atoms with Crippen molar-refractivity contribution >= 4 is 23.4 Å². The lowest BCUT2D eigenvalue weighted by Crippen LogP contribution is -2.14. The highest BCUT2D eigenvalue weighted by atomic mass is 35.5. The highest BCUT2D eigenvalue weighted by Crippen LogP contribution is 2.29. The molecule has 0 aliphatic rings. The zero-order valence-corrected chi connectivity index (χ0v) is 11.9. The summed E-state index contributed by atoms with van der Waals surface area (Å²) in [5.74, 6) is 0. The molecule has 1 atom stereocenters. The summed E-state index contributed by atoms with van der Waals surface area (Å²) < 4.78 is 0. The van der Waals surface area contributed by atoms with Crippen LogP contribution >= 0.6 is 23.4 Å². The average molecular weight is 274 g/mol. The van der Waals surface area contributed by atoms with Gasteiger partial charge in [-0.15, -0.1) is 11.8 Å². The van der Waals surface area contributed by atoms with Crippen LogP contribution in [0.3, 0.4) is 0 Å². The number of hydrogen-bond acceptors (Lipinski definition) is 3. The van der Waals surface area contributed by atoms with Gasteiger partial charge in [0.25, 0.3) is 0 Å². The average Bonchev–Trinajstić information content (AvgIpc) is 2.32. The predicted octanol–water partition coefficient (Wildman–Crippen LogP) is 3.31. The van der Waals surface area contributed by atoms with Crippen LogP contribution in [0.4, 0.5) is 0 Å². The van der Waals surface area contributed by atoms with Gasteiger partial charge in [0.05, 0.1) is 6.61 Å². The number of benzene rings is 1. The van der Waals surface area contributed by atoms with Crippen LogP contribution in [0.25, 0.3) is 0 Å². The highest BCUT2D eigenvalue weighted by molar-refractivity contribution is 8.00. The van der Waals surface area contributed by atoms with E-state index in [0.717, 1.165) is 29.4 Å². The van der Waals surface area contributed by atoms with Crippen LogP contribution in [0.1, 0.15) is 25.8 Å². The first-order valence-electron chi connectivity index (χ1n) is 5.94. The Balaban J connectivity index is 2.72. The van der Waals surface area contributed by atoms with Gasteiger partial charge in [0, 0.05) is 21.7 Å². The van der Waals surface area contributed by atoms with Gasteiger partial charge in [0.15, 0.2) is 0 Å². The van der Waals surface area contributed by atoms with Gasteiger partial charge < -0.3 is 10.4 Å². The Labute approximate surface area is 113 Å². The summed E-state index contributed by atoms with van der Waals surface area (Å²) in [4.78, 5) is 1.16. The Kier molecular flexibility index (Phi) is 6.97. The molecular weight excluding hydrogens is 254 g/mol. The summed E-state index contributed by atoms with van der Waals surface area (Å²) in [6.45, 7) is 6.21. The third-order valence-corrected chi connectivity index (χ3v) is 3.78. The maximum Gasteiger partial charge on any atom is 0.0550 e. The van der Waals surface area contributed by atoms with Crippen LogP contribution in [0.15, 0.2) is 23.1 Å². The standard InChI is InChI=1S/C13H20ClNOS/c1-3-6-15-8-11-4-5-12(14)7-13(11)17-10(2)9-16/h4-5,7,10,15-16H,3,6,8-9H2,1-2H3. The Bertz CT molecular complexity index is 346. The van der Waals surface area contributed by atoms with Gasteiger partial charge in [-0.3, -0.25) is 0 Å². The normalized spacial score (nSPS) is 12.7. The third-order valence-electron chi connectivity index (χ3n) is 2.36. The quantitative estimate of drug-likeness (QED) is 0.591. The SMILES string of the molecule is CCCNCc1ccc(Cl)cc1SC(C)CO. The van der Waals surface area contributed by atoms with Crippen LogP contribution in [0.2, 0.25) is 5.02 Å². The molecule has 17 heavy (non-hydrogen) atoms. The predicted molar refractivity (Wildman–Crippen MR) is 75.9 cm³/mol. The van der Waals surface area contributed by atoms with Gasteiger partial charge in [-0.05, 0) is 30.7 Å². The molecule has 1 rings (SSSR count). The number of nitrogens with one attached hydrogen (secondary N) is 1. The maximum atomic E-state index is 9.10. The Morgan fingerprint density at radius 2 is 2.24 bits per heavy atom. The van der Waals surface area contributed by atoms with Crippen molar-refractivity contribution in [3.05, 3.63) is 28.8 Å². The van der Waals surface area contributed by atoms with Crippen molar-refractivity contribution in [2.45, 2.75) is 37.0 Å². The van der Waals surface area contributed by atoms with E-state index in [1.807, 2.05) is 19.1 Å². The molecule has 0 bridgehead atoms. The van der Waals surface area contributed by atoms with Crippen molar-refractivity contribution in [1.82, 2.24) is 5.32 Å². The highest BCUT2D eigenvalue weighted by Gasteiger charge is 2.08. The van der Waals surface area contributed by atoms with Gasteiger partial charge in [-0.25, -0.2) is 0 Å². The van der Waals surface area contributed by atoms with E-state index in [-0.39, 0.29) is 11.9 Å². The van der Waals surface area contributed by atoms with Gasteiger partial charge >= 0.3 is 0 Å². The lowest BCUT2D eigenvalue weighted by Gasteiger charge is -2.13. The molecule has 96 valence electrons. The van der Waals surface area contributed by atoms with Crippen molar-refractivity contribution < 1.29 is 5.11 Å². The van der Waals surface area contributed by atoms with E-state index in [4.69, 9.17) is 16.7 Å². The van der Waals surface area contributed by atoms with Gasteiger partial charge in [0.2, 0.25) is 0 Å². The second kappa shape index (κ2) is 7.98. The molecule has 0 fully saturated rings. The maximum absolute atomic E-state index is 9.10. The van der Waals surface area contributed by atoms with Crippen molar-refractivity contribution in [3.63, 3.8) is 0 Å². The molecule has 2 nitrogen and oxygen atoms in total. The summed E-state index contributed by atoms with van der Waals surface area (Å²) in [5.41, 5.74) is 1.24. The molecule has 1 aromatic carbocycles. The van der Waals surface area contributed by atoms with E-state index in [0.29, 0.717) is 0 Å². The van der Waals surface area contributed by atoms with Crippen LogP contribution in [-0.2, 0) is 6.54 Å². The van der Waals surface area contributed by atoms with Gasteiger partial charge in [0.1, 0.15) is 0 Å². The molecule has 1 aromatic rings. The largest absolute Gasteiger partial charge is 0.395 e. The first-order valence-corrected chi connectivity index (χ1v) is 7.19. The molecule has 2 N–H and O–H groups in total. The van der Waals surface area contributed by atoms with E-state index < -0.39 is 0 Å². The summed E-state index contributed by atoms with van der Waals surface area (Å²) in [6.07, 6.45) is 1.13. The molecule has 0 radical (unpaired) electrons. The van der Waals surface area contributed by atoms with Gasteiger partial charge in [-0.1, -0.05) is 31.5 Å². The van der Waals surface area contributed by atoms with E-state index in [2.05, 4.69) is 18.3 Å². The zero-order valence-electron chi connectivity index (χ0n) is 10.4. The fraction of sp³-hybridized carbons (Fsp3) is 0.538. The fourth-order valence-corrected chi connectivity index (χ4v) is 2.67. The first-order chi connectivity index (χ1) is 8.17. The number of aliphatic hydroxyl groups is 1. The number of thioether (sulfide) groups is 1.